The zero-order chi connectivity index (χ0) is 11.0. The van der Waals surface area contributed by atoms with E-state index in [9.17, 15) is 0 Å². The van der Waals surface area contributed by atoms with Crippen LogP contribution < -0.4 is 5.73 Å². The fourth-order valence-electron chi connectivity index (χ4n) is 2.15. The van der Waals surface area contributed by atoms with Crippen LogP contribution in [0.4, 0.5) is 5.13 Å². The van der Waals surface area contributed by atoms with Crippen LogP contribution in [0.25, 0.3) is 0 Å². The number of nitrogens with zero attached hydrogens (tertiary/aromatic N) is 2. The van der Waals surface area contributed by atoms with Crippen molar-refractivity contribution in [3.8, 4) is 0 Å². The molecule has 2 aliphatic rings. The Kier molecular flexibility index (Phi) is 4.28. The van der Waals surface area contributed by atoms with Gasteiger partial charge in [0.15, 0.2) is 5.13 Å². The van der Waals surface area contributed by atoms with Crippen LogP contribution in [0.1, 0.15) is 30.6 Å². The summed E-state index contributed by atoms with van der Waals surface area (Å²) >= 11 is 1.64. The van der Waals surface area contributed by atoms with Gasteiger partial charge in [-0.2, -0.15) is 0 Å². The van der Waals surface area contributed by atoms with Gasteiger partial charge in [0.05, 0.1) is 0 Å². The minimum Gasteiger partial charge on any atom is -0.375 e. The van der Waals surface area contributed by atoms with Gasteiger partial charge in [-0.3, -0.25) is 4.90 Å². The van der Waals surface area contributed by atoms with Gasteiger partial charge in [0, 0.05) is 30.7 Å². The number of aromatic nitrogens is 1. The molecule has 2 fully saturated rings. The smallest absolute Gasteiger partial charge is 0.180 e. The molecule has 0 atom stereocenters. The molecular formula is C12H20ClN3S. The average Bonchev–Trinajstić information content (AvgIpc) is 3.13. The SMILES string of the molecule is Cl.Nc1ncc(CN(CC2CC2)CC2CC2)s1. The van der Waals surface area contributed by atoms with Crippen LogP contribution in [0.2, 0.25) is 0 Å². The predicted molar refractivity (Wildman–Crippen MR) is 74.5 cm³/mol. The number of thiazole rings is 1. The molecule has 1 aromatic rings. The van der Waals surface area contributed by atoms with E-state index >= 15 is 0 Å². The third-order valence-corrected chi connectivity index (χ3v) is 4.19. The molecule has 0 radical (unpaired) electrons. The fraction of sp³-hybridized carbons (Fsp3) is 0.750. The number of anilines is 1. The number of nitrogen functional groups attached to an aromatic ring is 1. The molecule has 1 aromatic heterocycles. The van der Waals surface area contributed by atoms with Gasteiger partial charge in [-0.05, 0) is 37.5 Å². The molecule has 0 unspecified atom stereocenters. The first-order valence-electron chi connectivity index (χ1n) is 6.22. The number of halogens is 1. The largest absolute Gasteiger partial charge is 0.375 e. The molecule has 1 heterocycles. The van der Waals surface area contributed by atoms with Crippen LogP contribution in [-0.4, -0.2) is 23.0 Å². The molecule has 0 aromatic carbocycles. The van der Waals surface area contributed by atoms with Gasteiger partial charge < -0.3 is 5.73 Å². The Morgan fingerprint density at radius 1 is 1.24 bits per heavy atom. The molecule has 2 aliphatic carbocycles. The lowest BCUT2D eigenvalue weighted by molar-refractivity contribution is 0.246. The fourth-order valence-corrected chi connectivity index (χ4v) is 2.88. The van der Waals surface area contributed by atoms with Crippen LogP contribution in [-0.2, 0) is 6.54 Å². The highest BCUT2D eigenvalue weighted by molar-refractivity contribution is 7.15. The van der Waals surface area contributed by atoms with Crippen LogP contribution in [0, 0.1) is 11.8 Å². The molecular weight excluding hydrogens is 254 g/mol. The van der Waals surface area contributed by atoms with E-state index in [0.29, 0.717) is 5.13 Å². The summed E-state index contributed by atoms with van der Waals surface area (Å²) in [6.07, 6.45) is 7.68. The monoisotopic (exact) mass is 273 g/mol. The van der Waals surface area contributed by atoms with Crippen molar-refractivity contribution in [3.63, 3.8) is 0 Å². The summed E-state index contributed by atoms with van der Waals surface area (Å²) in [7, 11) is 0. The Labute approximate surface area is 113 Å². The van der Waals surface area contributed by atoms with Gasteiger partial charge in [0.2, 0.25) is 0 Å². The van der Waals surface area contributed by atoms with E-state index in [0.717, 1.165) is 18.4 Å². The molecule has 3 rings (SSSR count). The van der Waals surface area contributed by atoms with Crippen molar-refractivity contribution in [1.82, 2.24) is 9.88 Å². The van der Waals surface area contributed by atoms with Crippen LogP contribution >= 0.6 is 23.7 Å². The molecule has 3 nitrogen and oxygen atoms in total. The molecule has 17 heavy (non-hydrogen) atoms. The molecule has 96 valence electrons. The summed E-state index contributed by atoms with van der Waals surface area (Å²) in [5, 5.41) is 0.702. The lowest BCUT2D eigenvalue weighted by atomic mass is 10.3. The molecule has 0 aliphatic heterocycles. The highest BCUT2D eigenvalue weighted by Crippen LogP contribution is 2.34. The van der Waals surface area contributed by atoms with E-state index in [2.05, 4.69) is 9.88 Å². The van der Waals surface area contributed by atoms with Crippen molar-refractivity contribution in [2.45, 2.75) is 32.2 Å². The van der Waals surface area contributed by atoms with Crippen LogP contribution in [0.3, 0.4) is 0 Å². The van der Waals surface area contributed by atoms with E-state index in [-0.39, 0.29) is 12.4 Å². The van der Waals surface area contributed by atoms with Crippen molar-refractivity contribution in [1.29, 1.82) is 0 Å². The first-order chi connectivity index (χ1) is 7.79. The summed E-state index contributed by atoms with van der Waals surface area (Å²) in [5.74, 6) is 1.95. The molecule has 2 N–H and O–H groups in total. The molecule has 0 amide bonds. The van der Waals surface area contributed by atoms with Crippen molar-refractivity contribution in [2.24, 2.45) is 11.8 Å². The van der Waals surface area contributed by atoms with Crippen LogP contribution in [0.5, 0.6) is 0 Å². The average molecular weight is 274 g/mol. The third-order valence-electron chi connectivity index (χ3n) is 3.38. The van der Waals surface area contributed by atoms with E-state index < -0.39 is 0 Å². The second kappa shape index (κ2) is 5.55. The normalized spacial score (nSPS) is 19.4. The summed E-state index contributed by atoms with van der Waals surface area (Å²) in [6.45, 7) is 3.63. The second-order valence-corrected chi connectivity index (χ2v) is 6.39. The van der Waals surface area contributed by atoms with Crippen molar-refractivity contribution in [3.05, 3.63) is 11.1 Å². The minimum atomic E-state index is 0. The predicted octanol–water partition coefficient (Wildman–Crippen LogP) is 2.77. The maximum atomic E-state index is 5.67. The number of rotatable bonds is 6. The van der Waals surface area contributed by atoms with Gasteiger partial charge in [-0.1, -0.05) is 0 Å². The topological polar surface area (TPSA) is 42.1 Å². The summed E-state index contributed by atoms with van der Waals surface area (Å²) in [5.41, 5.74) is 5.67. The highest BCUT2D eigenvalue weighted by atomic mass is 35.5. The Bertz CT molecular complexity index is 346. The van der Waals surface area contributed by atoms with Gasteiger partial charge in [-0.15, -0.1) is 23.7 Å². The Morgan fingerprint density at radius 3 is 2.24 bits per heavy atom. The quantitative estimate of drug-likeness (QED) is 0.867. The molecule has 0 spiro atoms. The van der Waals surface area contributed by atoms with E-state index in [1.165, 1.54) is 43.6 Å². The standard InChI is InChI=1S/C12H19N3S.ClH/c13-12-14-5-11(16-12)8-15(6-9-1-2-9)7-10-3-4-10;/h5,9-10H,1-4,6-8H2,(H2,13,14);1H. The summed E-state index contributed by atoms with van der Waals surface area (Å²) in [4.78, 5) is 8.06. The molecule has 0 bridgehead atoms. The lowest BCUT2D eigenvalue weighted by Gasteiger charge is -2.20. The zero-order valence-corrected chi connectivity index (χ0v) is 11.6. The van der Waals surface area contributed by atoms with E-state index in [1.807, 2.05) is 6.20 Å². The summed E-state index contributed by atoms with van der Waals surface area (Å²) < 4.78 is 0. The van der Waals surface area contributed by atoms with Crippen molar-refractivity contribution < 1.29 is 0 Å². The maximum Gasteiger partial charge on any atom is 0.180 e. The zero-order valence-electron chi connectivity index (χ0n) is 9.97. The van der Waals surface area contributed by atoms with Gasteiger partial charge in [-0.25, -0.2) is 4.98 Å². The second-order valence-electron chi connectivity index (χ2n) is 5.25. The first kappa shape index (κ1) is 13.1. The van der Waals surface area contributed by atoms with E-state index in [1.54, 1.807) is 11.3 Å². The number of hydrogen-bond acceptors (Lipinski definition) is 4. The first-order valence-corrected chi connectivity index (χ1v) is 7.04. The third kappa shape index (κ3) is 4.12. The van der Waals surface area contributed by atoms with Gasteiger partial charge in [0.1, 0.15) is 0 Å². The van der Waals surface area contributed by atoms with Crippen molar-refractivity contribution >= 4 is 28.9 Å². The maximum absolute atomic E-state index is 5.67. The Morgan fingerprint density at radius 2 is 1.82 bits per heavy atom. The summed E-state index contributed by atoms with van der Waals surface area (Å²) in [6, 6.07) is 0. The Balaban J connectivity index is 0.00000108. The molecule has 5 heteroatoms. The van der Waals surface area contributed by atoms with Gasteiger partial charge >= 0.3 is 0 Å². The molecule has 0 saturated heterocycles. The van der Waals surface area contributed by atoms with Crippen LogP contribution in [0.15, 0.2) is 6.20 Å². The lowest BCUT2D eigenvalue weighted by Crippen LogP contribution is -2.27. The number of hydrogen-bond donors (Lipinski definition) is 1. The van der Waals surface area contributed by atoms with Gasteiger partial charge in [0.25, 0.3) is 0 Å². The number of nitrogens with two attached hydrogens (primary N) is 1. The van der Waals surface area contributed by atoms with Crippen molar-refractivity contribution in [2.75, 3.05) is 18.8 Å². The van der Waals surface area contributed by atoms with E-state index in [4.69, 9.17) is 5.73 Å². The molecule has 2 saturated carbocycles. The highest BCUT2D eigenvalue weighted by Gasteiger charge is 2.29. The minimum absolute atomic E-state index is 0. The Hall–Kier alpha value is -0.320.